The third-order valence-corrected chi connectivity index (χ3v) is 4.22. The molecule has 0 spiro atoms. The molecule has 2 atom stereocenters. The first kappa shape index (κ1) is 11.1. The van der Waals surface area contributed by atoms with Gasteiger partial charge in [-0.05, 0) is 44.2 Å². The van der Waals surface area contributed by atoms with Crippen molar-refractivity contribution in [3.8, 4) is 0 Å². The van der Waals surface area contributed by atoms with Crippen molar-refractivity contribution in [2.24, 2.45) is 11.8 Å². The van der Waals surface area contributed by atoms with Crippen LogP contribution in [0.3, 0.4) is 0 Å². The Morgan fingerprint density at radius 2 is 2.33 bits per heavy atom. The smallest absolute Gasteiger partial charge is 0.0794 e. The van der Waals surface area contributed by atoms with Crippen LogP contribution in [0.5, 0.6) is 0 Å². The van der Waals surface area contributed by atoms with Crippen LogP contribution in [0.1, 0.15) is 31.1 Å². The Labute approximate surface area is 96.1 Å². The van der Waals surface area contributed by atoms with Gasteiger partial charge in [0.25, 0.3) is 0 Å². The standard InChI is InChI=1S/C12H20N2S/c1-2-13-7-11-5-3-4-10(11)6-12-8-14-9-15-12/h8-11,13H,2-7H2,1H3. The fraction of sp³-hybridized carbons (Fsp3) is 0.750. The van der Waals surface area contributed by atoms with Gasteiger partial charge in [-0.1, -0.05) is 13.3 Å². The van der Waals surface area contributed by atoms with Crippen molar-refractivity contribution in [2.75, 3.05) is 13.1 Å². The second-order valence-corrected chi connectivity index (χ2v) is 5.40. The highest BCUT2D eigenvalue weighted by atomic mass is 32.1. The second-order valence-electron chi connectivity index (χ2n) is 4.43. The van der Waals surface area contributed by atoms with Gasteiger partial charge in [-0.25, -0.2) is 0 Å². The Morgan fingerprint density at radius 1 is 1.47 bits per heavy atom. The lowest BCUT2D eigenvalue weighted by Gasteiger charge is -2.18. The van der Waals surface area contributed by atoms with E-state index in [1.807, 2.05) is 11.7 Å². The lowest BCUT2D eigenvalue weighted by atomic mass is 9.92. The van der Waals surface area contributed by atoms with Crippen molar-refractivity contribution in [1.82, 2.24) is 10.3 Å². The second kappa shape index (κ2) is 5.61. The van der Waals surface area contributed by atoms with Crippen LogP contribution >= 0.6 is 11.3 Å². The van der Waals surface area contributed by atoms with E-state index in [0.29, 0.717) is 0 Å². The predicted molar refractivity (Wildman–Crippen MR) is 65.2 cm³/mol. The molecule has 3 heteroatoms. The van der Waals surface area contributed by atoms with Crippen molar-refractivity contribution in [3.05, 3.63) is 16.6 Å². The van der Waals surface area contributed by atoms with Crippen molar-refractivity contribution >= 4 is 11.3 Å². The maximum Gasteiger partial charge on any atom is 0.0794 e. The molecule has 2 nitrogen and oxygen atoms in total. The molecule has 0 aromatic carbocycles. The Morgan fingerprint density at radius 3 is 3.07 bits per heavy atom. The van der Waals surface area contributed by atoms with Gasteiger partial charge in [0.1, 0.15) is 0 Å². The number of hydrogen-bond acceptors (Lipinski definition) is 3. The third kappa shape index (κ3) is 3.02. The fourth-order valence-electron chi connectivity index (χ4n) is 2.58. The highest BCUT2D eigenvalue weighted by Crippen LogP contribution is 2.34. The number of rotatable bonds is 5. The minimum atomic E-state index is 0.893. The zero-order valence-corrected chi connectivity index (χ0v) is 10.2. The average Bonchev–Trinajstić information content (AvgIpc) is 2.87. The van der Waals surface area contributed by atoms with E-state index >= 15 is 0 Å². The molecule has 0 radical (unpaired) electrons. The molecule has 1 aromatic rings. The van der Waals surface area contributed by atoms with Gasteiger partial charge in [0.2, 0.25) is 0 Å². The largest absolute Gasteiger partial charge is 0.317 e. The molecular formula is C12H20N2S. The molecule has 0 bridgehead atoms. The van der Waals surface area contributed by atoms with Gasteiger partial charge in [-0.2, -0.15) is 0 Å². The van der Waals surface area contributed by atoms with Gasteiger partial charge in [0, 0.05) is 11.1 Å². The minimum absolute atomic E-state index is 0.893. The molecule has 0 saturated heterocycles. The van der Waals surface area contributed by atoms with Gasteiger partial charge in [-0.15, -0.1) is 11.3 Å². The molecule has 2 rings (SSSR count). The Kier molecular flexibility index (Phi) is 4.15. The third-order valence-electron chi connectivity index (χ3n) is 3.42. The van der Waals surface area contributed by atoms with Crippen molar-refractivity contribution < 1.29 is 0 Å². The van der Waals surface area contributed by atoms with Crippen molar-refractivity contribution in [3.63, 3.8) is 0 Å². The van der Waals surface area contributed by atoms with E-state index in [4.69, 9.17) is 0 Å². The number of hydrogen-bond donors (Lipinski definition) is 1. The van der Waals surface area contributed by atoms with Crippen molar-refractivity contribution in [2.45, 2.75) is 32.6 Å². The van der Waals surface area contributed by atoms with E-state index in [9.17, 15) is 0 Å². The summed E-state index contributed by atoms with van der Waals surface area (Å²) in [5, 5.41) is 3.49. The molecule has 84 valence electrons. The number of aromatic nitrogens is 1. The summed E-state index contributed by atoms with van der Waals surface area (Å²) in [7, 11) is 0. The van der Waals surface area contributed by atoms with Crippen molar-refractivity contribution in [1.29, 1.82) is 0 Å². The van der Waals surface area contributed by atoms with Crippen LogP contribution in [0.2, 0.25) is 0 Å². The maximum absolute atomic E-state index is 4.15. The van der Waals surface area contributed by atoms with E-state index in [0.717, 1.165) is 18.4 Å². The van der Waals surface area contributed by atoms with Crippen LogP contribution in [0.25, 0.3) is 0 Å². The molecule has 2 unspecified atom stereocenters. The lowest BCUT2D eigenvalue weighted by Crippen LogP contribution is -2.25. The number of nitrogens with one attached hydrogen (secondary N) is 1. The highest BCUT2D eigenvalue weighted by molar-refractivity contribution is 7.09. The SMILES string of the molecule is CCNCC1CCCC1Cc1cncs1. The van der Waals surface area contributed by atoms with E-state index < -0.39 is 0 Å². The summed E-state index contributed by atoms with van der Waals surface area (Å²) in [6, 6.07) is 0. The minimum Gasteiger partial charge on any atom is -0.317 e. The van der Waals surface area contributed by atoms with Crippen LogP contribution < -0.4 is 5.32 Å². The normalized spacial score (nSPS) is 25.9. The quantitative estimate of drug-likeness (QED) is 0.832. The molecule has 1 saturated carbocycles. The molecule has 1 aliphatic rings. The average molecular weight is 224 g/mol. The van der Waals surface area contributed by atoms with Crippen LogP contribution in [0.4, 0.5) is 0 Å². The van der Waals surface area contributed by atoms with Gasteiger partial charge in [-0.3, -0.25) is 4.98 Å². The van der Waals surface area contributed by atoms with Gasteiger partial charge < -0.3 is 5.32 Å². The van der Waals surface area contributed by atoms with Crippen LogP contribution in [-0.4, -0.2) is 18.1 Å². The van der Waals surface area contributed by atoms with Crippen LogP contribution in [0.15, 0.2) is 11.7 Å². The molecule has 1 aliphatic carbocycles. The summed E-state index contributed by atoms with van der Waals surface area (Å²) in [6.07, 6.45) is 7.53. The topological polar surface area (TPSA) is 24.9 Å². The molecule has 1 aromatic heterocycles. The Balaban J connectivity index is 1.85. The summed E-state index contributed by atoms with van der Waals surface area (Å²) in [5.74, 6) is 1.79. The molecule has 1 fully saturated rings. The van der Waals surface area contributed by atoms with Gasteiger partial charge in [0.05, 0.1) is 5.51 Å². The van der Waals surface area contributed by atoms with E-state index in [1.54, 1.807) is 11.3 Å². The lowest BCUT2D eigenvalue weighted by molar-refractivity contribution is 0.370. The zero-order valence-electron chi connectivity index (χ0n) is 9.41. The highest BCUT2D eigenvalue weighted by Gasteiger charge is 2.26. The first-order valence-electron chi connectivity index (χ1n) is 5.98. The first-order chi connectivity index (χ1) is 7.40. The molecule has 1 heterocycles. The summed E-state index contributed by atoms with van der Waals surface area (Å²) in [4.78, 5) is 5.62. The molecular weight excluding hydrogens is 204 g/mol. The Bertz CT molecular complexity index is 271. The molecule has 0 aliphatic heterocycles. The van der Waals surface area contributed by atoms with E-state index in [-0.39, 0.29) is 0 Å². The van der Waals surface area contributed by atoms with E-state index in [1.165, 1.54) is 37.1 Å². The monoisotopic (exact) mass is 224 g/mol. The molecule has 1 N–H and O–H groups in total. The summed E-state index contributed by atoms with van der Waals surface area (Å²) < 4.78 is 0. The summed E-state index contributed by atoms with van der Waals surface area (Å²) in [6.45, 7) is 4.50. The predicted octanol–water partition coefficient (Wildman–Crippen LogP) is 2.71. The number of thiazole rings is 1. The van der Waals surface area contributed by atoms with Gasteiger partial charge >= 0.3 is 0 Å². The summed E-state index contributed by atoms with van der Waals surface area (Å²) in [5.41, 5.74) is 1.95. The molecule has 0 amide bonds. The maximum atomic E-state index is 4.15. The number of nitrogens with zero attached hydrogens (tertiary/aromatic N) is 1. The Hall–Kier alpha value is -0.410. The zero-order chi connectivity index (χ0) is 10.5. The fourth-order valence-corrected chi connectivity index (χ4v) is 3.27. The van der Waals surface area contributed by atoms with Crippen LogP contribution in [0, 0.1) is 11.8 Å². The first-order valence-corrected chi connectivity index (χ1v) is 6.86. The van der Waals surface area contributed by atoms with E-state index in [2.05, 4.69) is 17.2 Å². The summed E-state index contributed by atoms with van der Waals surface area (Å²) >= 11 is 1.80. The van der Waals surface area contributed by atoms with Gasteiger partial charge in [0.15, 0.2) is 0 Å². The molecule has 15 heavy (non-hydrogen) atoms. The van der Waals surface area contributed by atoms with Crippen LogP contribution in [-0.2, 0) is 6.42 Å².